The van der Waals surface area contributed by atoms with Crippen molar-refractivity contribution in [2.45, 2.75) is 141 Å². The zero-order valence-electron chi connectivity index (χ0n) is 25.7. The van der Waals surface area contributed by atoms with Crippen LogP contribution in [0.5, 0.6) is 0 Å². The summed E-state index contributed by atoms with van der Waals surface area (Å²) in [6.07, 6.45) is 17.1. The van der Waals surface area contributed by atoms with E-state index in [9.17, 15) is 4.79 Å². The SMILES string of the molecule is C=C(C)c1ccc(C(C)(C)NC(=O)OCCCCCCCCCCCCCCCOC(C)C2OC2C2CO2)cc1. The molecule has 226 valence electrons. The minimum absolute atomic E-state index is 0.198. The molecule has 6 nitrogen and oxygen atoms in total. The van der Waals surface area contributed by atoms with Crippen molar-refractivity contribution in [3.63, 3.8) is 0 Å². The van der Waals surface area contributed by atoms with Crippen LogP contribution >= 0.6 is 0 Å². The quantitative estimate of drug-likeness (QED) is 0.115. The summed E-state index contributed by atoms with van der Waals surface area (Å²) in [5.41, 5.74) is 2.70. The van der Waals surface area contributed by atoms with Crippen LogP contribution in [0.15, 0.2) is 30.8 Å². The minimum atomic E-state index is -0.486. The number of allylic oxidation sites excluding steroid dienone is 1. The molecule has 0 aromatic heterocycles. The second kappa shape index (κ2) is 17.2. The Kier molecular flexibility index (Phi) is 14.0. The summed E-state index contributed by atoms with van der Waals surface area (Å²) in [6.45, 7) is 14.3. The van der Waals surface area contributed by atoms with E-state index < -0.39 is 5.54 Å². The van der Waals surface area contributed by atoms with Gasteiger partial charge in [-0.1, -0.05) is 107 Å². The first-order chi connectivity index (χ1) is 19.3. The van der Waals surface area contributed by atoms with Gasteiger partial charge >= 0.3 is 6.09 Å². The van der Waals surface area contributed by atoms with Crippen molar-refractivity contribution >= 4 is 11.7 Å². The molecule has 2 aliphatic rings. The van der Waals surface area contributed by atoms with E-state index in [0.717, 1.165) is 49.2 Å². The first kappa shape index (κ1) is 32.6. The highest BCUT2D eigenvalue weighted by Crippen LogP contribution is 2.36. The number of nitrogens with one attached hydrogen (secondary N) is 1. The second-order valence-corrected chi connectivity index (χ2v) is 12.4. The van der Waals surface area contributed by atoms with Crippen molar-refractivity contribution in [1.29, 1.82) is 0 Å². The number of benzene rings is 1. The number of hydrogen-bond acceptors (Lipinski definition) is 5. The van der Waals surface area contributed by atoms with Gasteiger partial charge in [0.2, 0.25) is 0 Å². The van der Waals surface area contributed by atoms with E-state index >= 15 is 0 Å². The molecule has 2 aliphatic heterocycles. The average Bonchev–Trinajstić information content (AvgIpc) is 3.83. The van der Waals surface area contributed by atoms with Gasteiger partial charge in [-0.2, -0.15) is 0 Å². The van der Waals surface area contributed by atoms with Crippen LogP contribution in [0.4, 0.5) is 4.79 Å². The van der Waals surface area contributed by atoms with Crippen LogP contribution in [0.25, 0.3) is 5.57 Å². The third kappa shape index (κ3) is 12.3. The van der Waals surface area contributed by atoms with E-state index in [2.05, 4.69) is 18.8 Å². The van der Waals surface area contributed by atoms with Gasteiger partial charge in [0.05, 0.1) is 24.9 Å². The molecule has 1 amide bonds. The van der Waals surface area contributed by atoms with Gasteiger partial charge < -0.3 is 24.3 Å². The van der Waals surface area contributed by atoms with Crippen LogP contribution in [0, 0.1) is 0 Å². The highest BCUT2D eigenvalue weighted by Gasteiger charge is 2.53. The molecule has 2 heterocycles. The first-order valence-corrected chi connectivity index (χ1v) is 15.9. The molecule has 0 bridgehead atoms. The number of amides is 1. The zero-order chi connectivity index (χ0) is 28.8. The van der Waals surface area contributed by atoms with E-state index in [1.165, 1.54) is 64.2 Å². The average molecular weight is 558 g/mol. The number of epoxide rings is 2. The predicted molar refractivity (Wildman–Crippen MR) is 162 cm³/mol. The number of carbonyl (C=O) groups excluding carboxylic acids is 1. The van der Waals surface area contributed by atoms with Gasteiger partial charge in [-0.25, -0.2) is 4.79 Å². The van der Waals surface area contributed by atoms with E-state index in [1.807, 2.05) is 45.0 Å². The Morgan fingerprint density at radius 2 is 1.43 bits per heavy atom. The second-order valence-electron chi connectivity index (χ2n) is 12.4. The summed E-state index contributed by atoms with van der Waals surface area (Å²) in [5.74, 6) is 0. The molecule has 0 radical (unpaired) electrons. The molecule has 4 unspecified atom stereocenters. The number of unbranched alkanes of at least 4 members (excludes halogenated alkanes) is 12. The van der Waals surface area contributed by atoms with Crippen LogP contribution in [0.3, 0.4) is 0 Å². The molecule has 3 rings (SSSR count). The molecule has 1 aromatic carbocycles. The van der Waals surface area contributed by atoms with Gasteiger partial charge in [-0.15, -0.1) is 0 Å². The highest BCUT2D eigenvalue weighted by molar-refractivity contribution is 5.68. The zero-order valence-corrected chi connectivity index (χ0v) is 25.7. The Labute approximate surface area is 243 Å². The lowest BCUT2D eigenvalue weighted by atomic mass is 9.93. The summed E-state index contributed by atoms with van der Waals surface area (Å²) in [5, 5.41) is 2.99. The lowest BCUT2D eigenvalue weighted by molar-refractivity contribution is 0.0434. The summed E-state index contributed by atoms with van der Waals surface area (Å²) < 4.78 is 22.3. The molecule has 2 saturated heterocycles. The Bertz CT molecular complexity index is 879. The molecular weight excluding hydrogens is 502 g/mol. The molecule has 0 saturated carbocycles. The molecule has 0 aliphatic carbocycles. The maximum absolute atomic E-state index is 12.3. The summed E-state index contributed by atoms with van der Waals surface area (Å²) in [4.78, 5) is 12.3. The normalized spacial score (nSPS) is 20.6. The van der Waals surface area contributed by atoms with Gasteiger partial charge in [0.25, 0.3) is 0 Å². The third-order valence-electron chi connectivity index (χ3n) is 8.17. The van der Waals surface area contributed by atoms with Crippen LogP contribution < -0.4 is 5.32 Å². The van der Waals surface area contributed by atoms with Crippen LogP contribution in [0.1, 0.15) is 122 Å². The number of hydrogen-bond donors (Lipinski definition) is 1. The van der Waals surface area contributed by atoms with Crippen molar-refractivity contribution in [2.24, 2.45) is 0 Å². The third-order valence-corrected chi connectivity index (χ3v) is 8.17. The summed E-state index contributed by atoms with van der Waals surface area (Å²) in [6, 6.07) is 8.16. The monoisotopic (exact) mass is 557 g/mol. The van der Waals surface area contributed by atoms with E-state index in [1.54, 1.807) is 0 Å². The molecule has 0 spiro atoms. The van der Waals surface area contributed by atoms with Gasteiger partial charge in [-0.3, -0.25) is 0 Å². The van der Waals surface area contributed by atoms with Gasteiger partial charge in [0, 0.05) is 6.61 Å². The number of rotatable bonds is 22. The number of alkyl carbamates (subject to hydrolysis) is 1. The van der Waals surface area contributed by atoms with E-state index in [-0.39, 0.29) is 18.3 Å². The summed E-state index contributed by atoms with van der Waals surface area (Å²) >= 11 is 0. The predicted octanol–water partition coefficient (Wildman–Crippen LogP) is 8.32. The van der Waals surface area contributed by atoms with Gasteiger partial charge in [0.15, 0.2) is 0 Å². The van der Waals surface area contributed by atoms with Crippen LogP contribution in [0.2, 0.25) is 0 Å². The van der Waals surface area contributed by atoms with Crippen molar-refractivity contribution < 1.29 is 23.7 Å². The minimum Gasteiger partial charge on any atom is -0.450 e. The van der Waals surface area contributed by atoms with Crippen molar-refractivity contribution in [3.05, 3.63) is 42.0 Å². The highest BCUT2D eigenvalue weighted by atomic mass is 16.7. The Morgan fingerprint density at radius 1 is 0.925 bits per heavy atom. The molecule has 40 heavy (non-hydrogen) atoms. The Hall–Kier alpha value is -1.89. The van der Waals surface area contributed by atoms with Crippen molar-refractivity contribution in [1.82, 2.24) is 5.32 Å². The molecule has 6 heteroatoms. The van der Waals surface area contributed by atoms with Crippen molar-refractivity contribution in [3.8, 4) is 0 Å². The van der Waals surface area contributed by atoms with Crippen molar-refractivity contribution in [2.75, 3.05) is 19.8 Å². The molecular formula is C34H55NO5. The molecule has 4 atom stereocenters. The molecule has 1 aromatic rings. The fraction of sp³-hybridized carbons (Fsp3) is 0.735. The molecule has 1 N–H and O–H groups in total. The lowest BCUT2D eigenvalue weighted by Gasteiger charge is -2.26. The summed E-state index contributed by atoms with van der Waals surface area (Å²) in [7, 11) is 0. The number of ether oxygens (including phenoxy) is 4. The standard InChI is InChI=1S/C34H55NO5/c1-26(2)28-19-21-29(22-20-28)34(4,5)35-33(36)38-24-18-16-14-12-10-8-6-7-9-11-13-15-17-23-37-27(3)31-32(40-31)30-25-39-30/h19-22,27,30-32H,1,6-18,23-25H2,2-5H3,(H,35,36). The number of carbonyl (C=O) groups is 1. The largest absolute Gasteiger partial charge is 0.450 e. The lowest BCUT2D eigenvalue weighted by Crippen LogP contribution is -2.41. The van der Waals surface area contributed by atoms with Crippen LogP contribution in [-0.2, 0) is 24.5 Å². The Balaban J connectivity index is 1.04. The first-order valence-electron chi connectivity index (χ1n) is 15.9. The molecule has 2 fully saturated rings. The van der Waals surface area contributed by atoms with E-state index in [0.29, 0.717) is 18.8 Å². The van der Waals surface area contributed by atoms with Crippen LogP contribution in [-0.4, -0.2) is 50.3 Å². The van der Waals surface area contributed by atoms with Gasteiger partial charge in [0.1, 0.15) is 18.3 Å². The maximum Gasteiger partial charge on any atom is 0.407 e. The fourth-order valence-electron chi connectivity index (χ4n) is 5.27. The van der Waals surface area contributed by atoms with Gasteiger partial charge in [-0.05, 0) is 51.7 Å². The Morgan fingerprint density at radius 3 is 1.93 bits per heavy atom. The fourth-order valence-corrected chi connectivity index (χ4v) is 5.27. The topological polar surface area (TPSA) is 72.6 Å². The smallest absolute Gasteiger partial charge is 0.407 e. The maximum atomic E-state index is 12.3. The van der Waals surface area contributed by atoms with E-state index in [4.69, 9.17) is 18.9 Å².